The number of carbonyl (C=O) groups is 1. The molecule has 1 aromatic rings. The Morgan fingerprint density at radius 3 is 2.32 bits per heavy atom. The second kappa shape index (κ2) is 15.5. The molecule has 0 aliphatic carbocycles. The lowest BCUT2D eigenvalue weighted by molar-refractivity contribution is -0.145. The number of ether oxygens (including phenoxy) is 3. The summed E-state index contributed by atoms with van der Waals surface area (Å²) in [6, 6.07) is 3.16. The summed E-state index contributed by atoms with van der Waals surface area (Å²) in [7, 11) is -3.82. The Balaban J connectivity index is 1.82. The number of carbonyl (C=O) groups excluding carboxylic acids is 1. The van der Waals surface area contributed by atoms with Gasteiger partial charge in [0.05, 0.1) is 32.0 Å². The summed E-state index contributed by atoms with van der Waals surface area (Å²) in [6.45, 7) is 12.7. The van der Waals surface area contributed by atoms with Crippen LogP contribution in [0.15, 0.2) is 55.7 Å². The fraction of sp³-hybridized carbons (Fsp3) is 0.483. The molecule has 3 unspecified atom stereocenters. The summed E-state index contributed by atoms with van der Waals surface area (Å²) < 4.78 is 46.3. The lowest BCUT2D eigenvalue weighted by Gasteiger charge is -2.18. The van der Waals surface area contributed by atoms with Crippen molar-refractivity contribution in [1.82, 2.24) is 0 Å². The molecule has 12 heteroatoms. The predicted octanol–water partition coefficient (Wildman–Crippen LogP) is 6.30. The van der Waals surface area contributed by atoms with Crippen LogP contribution in [-0.4, -0.2) is 61.7 Å². The minimum atomic E-state index is -3.82. The molecule has 11 nitrogen and oxygen atoms in total. The van der Waals surface area contributed by atoms with Gasteiger partial charge < -0.3 is 24.4 Å². The Morgan fingerprint density at radius 2 is 1.68 bits per heavy atom. The van der Waals surface area contributed by atoms with Crippen LogP contribution < -0.4 is 10.2 Å². The van der Waals surface area contributed by atoms with Gasteiger partial charge in [-0.25, -0.2) is 14.6 Å². The first-order valence-electron chi connectivity index (χ1n) is 13.5. The monoisotopic (exact) mass is 593 g/mol. The van der Waals surface area contributed by atoms with Crippen LogP contribution in [0.3, 0.4) is 0 Å². The highest BCUT2D eigenvalue weighted by atomic mass is 31.2. The quantitative estimate of drug-likeness (QED) is 0.0707. The zero-order chi connectivity index (χ0) is 29.9. The highest BCUT2D eigenvalue weighted by molar-refractivity contribution is 7.48. The molecule has 1 aromatic carbocycles. The average molecular weight is 594 g/mol. The van der Waals surface area contributed by atoms with Crippen molar-refractivity contribution in [2.45, 2.75) is 64.1 Å². The van der Waals surface area contributed by atoms with Gasteiger partial charge in [-0.1, -0.05) is 36.5 Å². The summed E-state index contributed by atoms with van der Waals surface area (Å²) in [6.07, 6.45) is 11.4. The Labute approximate surface area is 241 Å². The maximum absolute atomic E-state index is 13.2. The molecule has 0 bridgehead atoms. The molecule has 0 amide bonds. The second-order valence-electron chi connectivity index (χ2n) is 9.92. The zero-order valence-electron chi connectivity index (χ0n) is 23.8. The van der Waals surface area contributed by atoms with Crippen molar-refractivity contribution in [3.63, 3.8) is 0 Å². The molecule has 2 aliphatic heterocycles. The molecular weight excluding hydrogens is 553 g/mol. The van der Waals surface area contributed by atoms with Crippen LogP contribution >= 0.6 is 7.82 Å². The Hall–Kier alpha value is -2.76. The minimum absolute atomic E-state index is 0.0164. The molecule has 1 saturated heterocycles. The number of benzene rings is 1. The highest BCUT2D eigenvalue weighted by Crippen LogP contribution is 2.49. The minimum Gasteiger partial charge on any atom is -0.459 e. The lowest BCUT2D eigenvalue weighted by atomic mass is 10.0. The number of esters is 1. The molecule has 0 saturated carbocycles. The number of hydrogen-bond donors (Lipinski definition) is 2. The summed E-state index contributed by atoms with van der Waals surface area (Å²) in [4.78, 5) is 17.8. The zero-order valence-corrected chi connectivity index (χ0v) is 24.7. The normalized spacial score (nSPS) is 24.2. The Bertz CT molecular complexity index is 1150. The van der Waals surface area contributed by atoms with Crippen LogP contribution in [0, 0.1) is 0 Å². The topological polar surface area (TPSA) is 131 Å². The molecule has 2 N–H and O–H groups in total. The molecule has 226 valence electrons. The number of hydrogen-bond acceptors (Lipinski definition) is 11. The van der Waals surface area contributed by atoms with Crippen LogP contribution in [0.1, 0.15) is 56.0 Å². The van der Waals surface area contributed by atoms with Crippen molar-refractivity contribution in [3.8, 4) is 5.75 Å². The molecular formula is C29H40NO10P. The maximum atomic E-state index is 13.2. The van der Waals surface area contributed by atoms with Gasteiger partial charge >= 0.3 is 13.8 Å². The van der Waals surface area contributed by atoms with E-state index in [-0.39, 0.29) is 49.9 Å². The third kappa shape index (κ3) is 9.93. The van der Waals surface area contributed by atoms with Crippen LogP contribution in [0.2, 0.25) is 0 Å². The van der Waals surface area contributed by atoms with Crippen LogP contribution in [-0.2, 0) is 32.3 Å². The van der Waals surface area contributed by atoms with Gasteiger partial charge in [-0.15, -0.1) is 13.2 Å². The number of phosphoric ester groups is 1. The first-order valence-corrected chi connectivity index (χ1v) is 14.9. The predicted molar refractivity (Wildman–Crippen MR) is 155 cm³/mol. The number of nitrogens with one attached hydrogen (secondary N) is 1. The van der Waals surface area contributed by atoms with E-state index in [1.54, 1.807) is 19.1 Å². The third-order valence-electron chi connectivity index (χ3n) is 6.08. The molecule has 2 aliphatic rings. The first-order chi connectivity index (χ1) is 19.6. The third-order valence-corrected chi connectivity index (χ3v) is 7.51. The van der Waals surface area contributed by atoms with Gasteiger partial charge in [0.25, 0.3) is 0 Å². The summed E-state index contributed by atoms with van der Waals surface area (Å²) in [5.41, 5.74) is 1.02. The van der Waals surface area contributed by atoms with E-state index in [1.165, 1.54) is 18.2 Å². The van der Waals surface area contributed by atoms with E-state index in [2.05, 4.69) is 23.4 Å². The van der Waals surface area contributed by atoms with Gasteiger partial charge in [-0.2, -0.15) is 0 Å². The molecule has 41 heavy (non-hydrogen) atoms. The summed E-state index contributed by atoms with van der Waals surface area (Å²) in [5.74, 6) is -1.44. The SMILES string of the molecule is C=CCOP(=O)(OCC=C)OCCNc1cc2c(c(OO)c1)C(=O)OC(C)C/C=C\CC1OC(C)(C)OC1C/C=C/2. The Morgan fingerprint density at radius 1 is 1.05 bits per heavy atom. The van der Waals surface area contributed by atoms with Crippen LogP contribution in [0.25, 0.3) is 6.08 Å². The fourth-order valence-corrected chi connectivity index (χ4v) is 5.47. The average Bonchev–Trinajstić information content (AvgIpc) is 3.23. The van der Waals surface area contributed by atoms with Crippen molar-refractivity contribution >= 4 is 25.6 Å². The number of fused-ring (bicyclic) bond motifs is 2. The van der Waals surface area contributed by atoms with Crippen molar-refractivity contribution < 1.29 is 47.3 Å². The highest BCUT2D eigenvalue weighted by Gasteiger charge is 2.39. The smallest absolute Gasteiger partial charge is 0.459 e. The van der Waals surface area contributed by atoms with Gasteiger partial charge in [0.2, 0.25) is 0 Å². The Kier molecular flexibility index (Phi) is 12.4. The first kappa shape index (κ1) is 32.8. The van der Waals surface area contributed by atoms with Gasteiger partial charge in [0, 0.05) is 24.7 Å². The van der Waals surface area contributed by atoms with E-state index >= 15 is 0 Å². The van der Waals surface area contributed by atoms with Gasteiger partial charge in [-0.05, 0) is 45.2 Å². The fourth-order valence-electron chi connectivity index (χ4n) is 4.36. The van der Waals surface area contributed by atoms with Gasteiger partial charge in [0.1, 0.15) is 11.7 Å². The molecule has 2 heterocycles. The van der Waals surface area contributed by atoms with Crippen molar-refractivity contribution in [3.05, 3.63) is 66.8 Å². The van der Waals surface area contributed by atoms with E-state index in [0.717, 1.165) is 0 Å². The van der Waals surface area contributed by atoms with Crippen LogP contribution in [0.4, 0.5) is 5.69 Å². The van der Waals surface area contributed by atoms with E-state index in [9.17, 15) is 14.6 Å². The second-order valence-corrected chi connectivity index (χ2v) is 11.6. The van der Waals surface area contributed by atoms with E-state index in [4.69, 9.17) is 27.8 Å². The molecule has 3 atom stereocenters. The number of rotatable bonds is 12. The van der Waals surface area contributed by atoms with Crippen molar-refractivity contribution in [1.29, 1.82) is 0 Å². The molecule has 0 radical (unpaired) electrons. The molecule has 0 spiro atoms. The van der Waals surface area contributed by atoms with Crippen molar-refractivity contribution in [2.24, 2.45) is 0 Å². The van der Waals surface area contributed by atoms with Gasteiger partial charge in [-0.3, -0.25) is 13.6 Å². The van der Waals surface area contributed by atoms with E-state index in [1.807, 2.05) is 32.1 Å². The molecule has 3 rings (SSSR count). The van der Waals surface area contributed by atoms with E-state index in [0.29, 0.717) is 30.5 Å². The van der Waals surface area contributed by atoms with E-state index < -0.39 is 25.7 Å². The van der Waals surface area contributed by atoms with Gasteiger partial charge in [0.15, 0.2) is 11.5 Å². The number of cyclic esters (lactones) is 1. The van der Waals surface area contributed by atoms with Crippen molar-refractivity contribution in [2.75, 3.05) is 31.7 Å². The maximum Gasteiger partial charge on any atom is 0.475 e. The molecule has 1 fully saturated rings. The number of phosphoric acid groups is 1. The standard InChI is InChI=1S/C29H40NO10P/c1-6-16-34-41(33,35-17-7-2)36-18-15-30-23-19-22-12-10-14-25-24(38-29(4,5)39-25)13-9-8-11-21(3)37-28(31)27(22)26(20-23)40-32/h6-10,12,19-21,24-25,30,32H,1-2,11,13-18H2,3-5H3/b9-8-,12-10+. The summed E-state index contributed by atoms with van der Waals surface area (Å²) >= 11 is 0. The largest absolute Gasteiger partial charge is 0.475 e. The molecule has 0 aromatic heterocycles. The number of anilines is 1. The summed E-state index contributed by atoms with van der Waals surface area (Å²) in [5, 5.41) is 12.8. The van der Waals surface area contributed by atoms with Crippen LogP contribution in [0.5, 0.6) is 5.75 Å². The lowest BCUT2D eigenvalue weighted by Crippen LogP contribution is -2.21.